The van der Waals surface area contributed by atoms with Crippen LogP contribution in [0.15, 0.2) is 15.6 Å². The van der Waals surface area contributed by atoms with E-state index in [2.05, 4.69) is 26.5 Å². The van der Waals surface area contributed by atoms with Crippen molar-refractivity contribution in [3.8, 4) is 12.1 Å². The number of nitrogens with zero attached hydrogens (tertiary/aromatic N) is 3. The van der Waals surface area contributed by atoms with Crippen molar-refractivity contribution in [2.75, 3.05) is 5.43 Å². The van der Waals surface area contributed by atoms with Gasteiger partial charge in [-0.25, -0.2) is 8.78 Å². The van der Waals surface area contributed by atoms with Crippen molar-refractivity contribution < 1.29 is 8.78 Å². The molecule has 0 bridgehead atoms. The van der Waals surface area contributed by atoms with Gasteiger partial charge in [0.25, 0.3) is 0 Å². The molecule has 1 aromatic carbocycles. The van der Waals surface area contributed by atoms with Gasteiger partial charge < -0.3 is 0 Å². The Balaban J connectivity index is 3.15. The molecular weight excluding hydrogens is 409 g/mol. The van der Waals surface area contributed by atoms with E-state index in [0.29, 0.717) is 0 Å². The minimum absolute atomic E-state index is 0.0341. The Morgan fingerprint density at radius 2 is 2.00 bits per heavy atom. The molecule has 0 unspecified atom stereocenters. The maximum absolute atomic E-state index is 13.4. The van der Waals surface area contributed by atoms with E-state index in [-0.39, 0.29) is 13.7 Å². The highest BCUT2D eigenvalue weighted by atomic mass is 127. The molecule has 0 amide bonds. The molecule has 0 fully saturated rings. The lowest BCUT2D eigenvalue weighted by Gasteiger charge is -2.06. The van der Waals surface area contributed by atoms with Crippen LogP contribution in [0.1, 0.15) is 0 Å². The number of hydrogen-bond donors (Lipinski definition) is 1. The van der Waals surface area contributed by atoms with Crippen LogP contribution in [0.2, 0.25) is 0 Å². The predicted octanol–water partition coefficient (Wildman–Crippen LogP) is 3.15. The molecule has 1 aromatic rings. The number of nitriles is 2. The lowest BCUT2D eigenvalue weighted by atomic mass is 10.3. The van der Waals surface area contributed by atoms with Gasteiger partial charge in [-0.05, 0) is 38.5 Å². The number of anilines is 1. The summed E-state index contributed by atoms with van der Waals surface area (Å²) in [4.78, 5) is 0. The van der Waals surface area contributed by atoms with Crippen LogP contribution in [0.5, 0.6) is 0 Å². The summed E-state index contributed by atoms with van der Waals surface area (Å²) in [5, 5.41) is 20.2. The van der Waals surface area contributed by atoms with Gasteiger partial charge in [-0.1, -0.05) is 0 Å². The molecule has 0 saturated carbocycles. The first kappa shape index (κ1) is 13.8. The quantitative estimate of drug-likeness (QED) is 0.267. The van der Waals surface area contributed by atoms with Gasteiger partial charge in [-0.3, -0.25) is 5.43 Å². The van der Waals surface area contributed by atoms with E-state index in [1.54, 1.807) is 22.6 Å². The summed E-state index contributed by atoms with van der Waals surface area (Å²) < 4.78 is 26.4. The summed E-state index contributed by atoms with van der Waals surface area (Å²) in [7, 11) is 0. The van der Waals surface area contributed by atoms with Gasteiger partial charge in [0.15, 0.2) is 5.82 Å². The SMILES string of the molecule is N#CC(C#N)=NNc1cc(F)c(Br)c(F)c1I. The molecule has 0 radical (unpaired) electrons. The molecule has 4 nitrogen and oxygen atoms in total. The molecule has 8 heteroatoms. The Bertz CT molecular complexity index is 558. The largest absolute Gasteiger partial charge is 0.275 e. The Morgan fingerprint density at radius 3 is 2.53 bits per heavy atom. The highest BCUT2D eigenvalue weighted by molar-refractivity contribution is 14.1. The molecule has 0 atom stereocenters. The third-order valence-corrected chi connectivity index (χ3v) is 3.38. The lowest BCUT2D eigenvalue weighted by Crippen LogP contribution is -2.01. The number of halogens is 4. The van der Waals surface area contributed by atoms with Crippen molar-refractivity contribution in [1.82, 2.24) is 0 Å². The van der Waals surface area contributed by atoms with Crippen molar-refractivity contribution in [3.63, 3.8) is 0 Å². The van der Waals surface area contributed by atoms with Gasteiger partial charge in [-0.15, -0.1) is 0 Å². The fourth-order valence-corrected chi connectivity index (χ4v) is 2.07. The van der Waals surface area contributed by atoms with E-state index in [9.17, 15) is 8.78 Å². The molecule has 86 valence electrons. The van der Waals surface area contributed by atoms with Crippen molar-refractivity contribution in [2.45, 2.75) is 0 Å². The summed E-state index contributed by atoms with van der Waals surface area (Å²) in [5.74, 6) is -1.59. The number of benzene rings is 1. The summed E-state index contributed by atoms with van der Waals surface area (Å²) in [6.07, 6.45) is 0. The molecule has 1 N–H and O–H groups in total. The standard InChI is InChI=1S/C9H2BrF2IN4/c10-7-5(11)1-6(9(13)8(7)12)17-16-4(2-14)3-15/h1,17H. The van der Waals surface area contributed by atoms with E-state index in [1.807, 2.05) is 0 Å². The third-order valence-electron chi connectivity index (χ3n) is 1.60. The zero-order chi connectivity index (χ0) is 13.0. The molecule has 17 heavy (non-hydrogen) atoms. The van der Waals surface area contributed by atoms with Crippen LogP contribution in [-0.4, -0.2) is 5.71 Å². The van der Waals surface area contributed by atoms with Crippen LogP contribution in [0.3, 0.4) is 0 Å². The van der Waals surface area contributed by atoms with E-state index >= 15 is 0 Å². The Kier molecular flexibility index (Phi) is 4.78. The van der Waals surface area contributed by atoms with E-state index < -0.39 is 17.3 Å². The molecule has 0 aromatic heterocycles. The fourth-order valence-electron chi connectivity index (χ4n) is 0.845. The van der Waals surface area contributed by atoms with E-state index in [1.165, 1.54) is 12.1 Å². The molecular formula is C9H2BrF2IN4. The van der Waals surface area contributed by atoms with Crippen molar-refractivity contribution in [3.05, 3.63) is 25.7 Å². The van der Waals surface area contributed by atoms with Gasteiger partial charge in [0.05, 0.1) is 13.7 Å². The minimum atomic E-state index is -0.809. The van der Waals surface area contributed by atoms with Crippen molar-refractivity contribution in [1.29, 1.82) is 10.5 Å². The average molecular weight is 411 g/mol. The highest BCUT2D eigenvalue weighted by Gasteiger charge is 2.14. The summed E-state index contributed by atoms with van der Waals surface area (Å²) in [5.41, 5.74) is 1.85. The molecule has 0 aliphatic rings. The smallest absolute Gasteiger partial charge is 0.237 e. The zero-order valence-corrected chi connectivity index (χ0v) is 11.7. The van der Waals surface area contributed by atoms with Gasteiger partial charge in [0.2, 0.25) is 5.71 Å². The Morgan fingerprint density at radius 1 is 1.41 bits per heavy atom. The molecule has 1 rings (SSSR count). The number of hydrogen-bond acceptors (Lipinski definition) is 4. The molecule has 0 saturated heterocycles. The van der Waals surface area contributed by atoms with Crippen LogP contribution in [0, 0.1) is 37.9 Å². The number of nitrogens with one attached hydrogen (secondary N) is 1. The van der Waals surface area contributed by atoms with Gasteiger partial charge >= 0.3 is 0 Å². The highest BCUT2D eigenvalue weighted by Crippen LogP contribution is 2.30. The molecule has 0 aliphatic carbocycles. The maximum Gasteiger partial charge on any atom is 0.237 e. The van der Waals surface area contributed by atoms with E-state index in [4.69, 9.17) is 10.5 Å². The fraction of sp³-hybridized carbons (Fsp3) is 0. The molecule has 0 spiro atoms. The van der Waals surface area contributed by atoms with Crippen molar-refractivity contribution in [2.24, 2.45) is 5.10 Å². The molecule has 0 aliphatic heterocycles. The van der Waals surface area contributed by atoms with Gasteiger partial charge in [-0.2, -0.15) is 15.6 Å². The summed E-state index contributed by atoms with van der Waals surface area (Å²) in [6, 6.07) is 4.02. The summed E-state index contributed by atoms with van der Waals surface area (Å²) >= 11 is 4.40. The number of hydrazone groups is 1. The second kappa shape index (κ2) is 5.89. The normalized spacial score (nSPS) is 9.06. The van der Waals surface area contributed by atoms with Gasteiger partial charge in [0.1, 0.15) is 18.0 Å². The lowest BCUT2D eigenvalue weighted by molar-refractivity contribution is 0.568. The van der Waals surface area contributed by atoms with E-state index in [0.717, 1.165) is 6.07 Å². The predicted molar refractivity (Wildman–Crippen MR) is 69.1 cm³/mol. The zero-order valence-electron chi connectivity index (χ0n) is 7.93. The van der Waals surface area contributed by atoms with Crippen molar-refractivity contribution >= 4 is 49.9 Å². The average Bonchev–Trinajstić information content (AvgIpc) is 2.33. The third kappa shape index (κ3) is 3.11. The van der Waals surface area contributed by atoms with Crippen LogP contribution in [0.4, 0.5) is 14.5 Å². The van der Waals surface area contributed by atoms with Crippen LogP contribution < -0.4 is 5.43 Å². The topological polar surface area (TPSA) is 72.0 Å². The first-order valence-corrected chi connectivity index (χ1v) is 5.85. The summed E-state index contributed by atoms with van der Waals surface area (Å²) in [6.45, 7) is 0. The first-order valence-electron chi connectivity index (χ1n) is 3.98. The first-order chi connectivity index (χ1) is 8.01. The molecule has 0 heterocycles. The van der Waals surface area contributed by atoms with Crippen LogP contribution in [-0.2, 0) is 0 Å². The van der Waals surface area contributed by atoms with Gasteiger partial charge in [0, 0.05) is 6.07 Å². The van der Waals surface area contributed by atoms with Crippen LogP contribution >= 0.6 is 38.5 Å². The maximum atomic E-state index is 13.4. The monoisotopic (exact) mass is 410 g/mol. The second-order valence-electron chi connectivity index (χ2n) is 2.64. The Labute approximate surface area is 117 Å². The Hall–Kier alpha value is -1.26. The minimum Gasteiger partial charge on any atom is -0.275 e. The second-order valence-corrected chi connectivity index (χ2v) is 4.52. The number of rotatable bonds is 2. The van der Waals surface area contributed by atoms with Crippen LogP contribution in [0.25, 0.3) is 0 Å².